The minimum absolute atomic E-state index is 0.0130. The van der Waals surface area contributed by atoms with Crippen molar-refractivity contribution in [1.29, 1.82) is 0 Å². The topological polar surface area (TPSA) is 38.3 Å². The van der Waals surface area contributed by atoms with Gasteiger partial charge in [0.15, 0.2) is 6.61 Å². The third kappa shape index (κ3) is 4.76. The molecule has 0 saturated heterocycles. The van der Waals surface area contributed by atoms with Crippen LogP contribution in [0.2, 0.25) is 0 Å². The van der Waals surface area contributed by atoms with E-state index in [-0.39, 0.29) is 18.6 Å². The molecule has 0 saturated carbocycles. The first kappa shape index (κ1) is 18.7. The maximum atomic E-state index is 12.6. The van der Waals surface area contributed by atoms with Gasteiger partial charge in [0, 0.05) is 0 Å². The maximum Gasteiger partial charge on any atom is 0.258 e. The summed E-state index contributed by atoms with van der Waals surface area (Å²) < 4.78 is 5.84. The Kier molecular flexibility index (Phi) is 5.92. The average Bonchev–Trinajstić information content (AvgIpc) is 2.66. The van der Waals surface area contributed by atoms with E-state index in [0.29, 0.717) is 0 Å². The van der Waals surface area contributed by atoms with Gasteiger partial charge in [0.1, 0.15) is 5.75 Å². The predicted molar refractivity (Wildman–Crippen MR) is 109 cm³/mol. The zero-order chi connectivity index (χ0) is 19.2. The first-order valence-corrected chi connectivity index (χ1v) is 9.14. The number of carbonyl (C=O) groups excluding carboxylic acids is 1. The first-order chi connectivity index (χ1) is 13.0. The third-order valence-electron chi connectivity index (χ3n) is 4.52. The van der Waals surface area contributed by atoms with Crippen molar-refractivity contribution < 1.29 is 9.53 Å². The van der Waals surface area contributed by atoms with E-state index in [1.54, 1.807) is 0 Å². The summed E-state index contributed by atoms with van der Waals surface area (Å²) in [4.78, 5) is 12.6. The van der Waals surface area contributed by atoms with Gasteiger partial charge in [-0.2, -0.15) is 0 Å². The molecule has 0 heterocycles. The Morgan fingerprint density at radius 1 is 0.852 bits per heavy atom. The summed E-state index contributed by atoms with van der Waals surface area (Å²) in [7, 11) is 0. The molecule has 3 rings (SSSR count). The van der Waals surface area contributed by atoms with Crippen molar-refractivity contribution >= 4 is 5.91 Å². The summed E-state index contributed by atoms with van der Waals surface area (Å²) in [5.41, 5.74) is 5.36. The van der Waals surface area contributed by atoms with Crippen LogP contribution in [0.25, 0.3) is 0 Å². The zero-order valence-electron chi connectivity index (χ0n) is 16.0. The summed E-state index contributed by atoms with van der Waals surface area (Å²) in [6.07, 6.45) is 0. The van der Waals surface area contributed by atoms with Gasteiger partial charge in [0.25, 0.3) is 5.91 Å². The Morgan fingerprint density at radius 3 is 1.81 bits per heavy atom. The van der Waals surface area contributed by atoms with Gasteiger partial charge in [-0.25, -0.2) is 0 Å². The zero-order valence-corrected chi connectivity index (χ0v) is 16.0. The quantitative estimate of drug-likeness (QED) is 0.680. The van der Waals surface area contributed by atoms with Gasteiger partial charge in [-0.15, -0.1) is 0 Å². The van der Waals surface area contributed by atoms with Crippen molar-refractivity contribution in [2.75, 3.05) is 6.61 Å². The Hall–Kier alpha value is -3.07. The molecule has 0 bridgehead atoms. The molecule has 0 unspecified atom stereocenters. The summed E-state index contributed by atoms with van der Waals surface area (Å²) in [5, 5.41) is 3.11. The Bertz CT molecular complexity index is 842. The van der Waals surface area contributed by atoms with Gasteiger partial charge in [-0.3, -0.25) is 4.79 Å². The average molecular weight is 359 g/mol. The van der Waals surface area contributed by atoms with Crippen molar-refractivity contribution in [3.63, 3.8) is 0 Å². The molecule has 27 heavy (non-hydrogen) atoms. The van der Waals surface area contributed by atoms with Crippen LogP contribution in [0, 0.1) is 20.8 Å². The number of nitrogens with one attached hydrogen (secondary N) is 1. The summed E-state index contributed by atoms with van der Waals surface area (Å²) >= 11 is 0. The Labute approximate surface area is 161 Å². The highest BCUT2D eigenvalue weighted by atomic mass is 16.5. The second-order valence-corrected chi connectivity index (χ2v) is 6.84. The van der Waals surface area contributed by atoms with Crippen LogP contribution in [-0.2, 0) is 4.79 Å². The van der Waals surface area contributed by atoms with Crippen LogP contribution in [0.4, 0.5) is 0 Å². The molecule has 1 amide bonds. The van der Waals surface area contributed by atoms with Crippen LogP contribution < -0.4 is 10.1 Å². The van der Waals surface area contributed by atoms with Gasteiger partial charge in [0.05, 0.1) is 6.04 Å². The van der Waals surface area contributed by atoms with Gasteiger partial charge >= 0.3 is 0 Å². The summed E-state index contributed by atoms with van der Waals surface area (Å²) in [6, 6.07) is 23.9. The van der Waals surface area contributed by atoms with Crippen LogP contribution in [0.15, 0.2) is 72.8 Å². The molecule has 0 aromatic heterocycles. The number of hydrogen-bond acceptors (Lipinski definition) is 2. The molecule has 3 nitrogen and oxygen atoms in total. The highest BCUT2D eigenvalue weighted by Gasteiger charge is 2.17. The van der Waals surface area contributed by atoms with Gasteiger partial charge < -0.3 is 10.1 Å². The lowest BCUT2D eigenvalue weighted by molar-refractivity contribution is -0.123. The fourth-order valence-electron chi connectivity index (χ4n) is 3.38. The molecular weight excluding hydrogens is 334 g/mol. The molecular formula is C24H25NO2. The van der Waals surface area contributed by atoms with Crippen LogP contribution in [0.3, 0.4) is 0 Å². The maximum absolute atomic E-state index is 12.6. The molecule has 138 valence electrons. The number of aryl methyl sites for hydroxylation is 3. The van der Waals surface area contributed by atoms with Crippen molar-refractivity contribution in [2.45, 2.75) is 26.8 Å². The summed E-state index contributed by atoms with van der Waals surface area (Å²) in [6.45, 7) is 6.05. The molecule has 3 aromatic rings. The predicted octanol–water partition coefficient (Wildman–Crippen LogP) is 4.90. The number of amides is 1. The molecule has 0 aliphatic carbocycles. The van der Waals surface area contributed by atoms with E-state index < -0.39 is 0 Å². The molecule has 0 radical (unpaired) electrons. The first-order valence-electron chi connectivity index (χ1n) is 9.14. The standard InChI is InChI=1S/C24H25NO2/c1-17-14-18(2)24(19(3)15-17)27-16-22(26)25-23(20-10-6-4-7-11-20)21-12-8-5-9-13-21/h4-15,23H,16H2,1-3H3,(H,25,26). The van der Waals surface area contributed by atoms with E-state index in [4.69, 9.17) is 4.74 Å². The molecule has 1 N–H and O–H groups in total. The number of benzene rings is 3. The van der Waals surface area contributed by atoms with E-state index >= 15 is 0 Å². The van der Waals surface area contributed by atoms with Gasteiger partial charge in [-0.1, -0.05) is 78.4 Å². The Morgan fingerprint density at radius 2 is 1.33 bits per heavy atom. The van der Waals surface area contributed by atoms with Crippen LogP contribution in [0.1, 0.15) is 33.9 Å². The van der Waals surface area contributed by atoms with Crippen LogP contribution in [0.5, 0.6) is 5.75 Å². The summed E-state index contributed by atoms with van der Waals surface area (Å²) in [5.74, 6) is 0.638. The van der Waals surface area contributed by atoms with Gasteiger partial charge in [-0.05, 0) is 43.0 Å². The molecule has 3 aromatic carbocycles. The fourth-order valence-corrected chi connectivity index (χ4v) is 3.38. The third-order valence-corrected chi connectivity index (χ3v) is 4.52. The lowest BCUT2D eigenvalue weighted by atomic mass is 9.99. The van der Waals surface area contributed by atoms with Crippen molar-refractivity contribution in [2.24, 2.45) is 0 Å². The van der Waals surface area contributed by atoms with Crippen LogP contribution in [-0.4, -0.2) is 12.5 Å². The van der Waals surface area contributed by atoms with E-state index in [9.17, 15) is 4.79 Å². The molecule has 3 heteroatoms. The van der Waals surface area contributed by atoms with Crippen molar-refractivity contribution in [1.82, 2.24) is 5.32 Å². The van der Waals surface area contributed by atoms with E-state index in [0.717, 1.165) is 28.0 Å². The normalized spacial score (nSPS) is 10.7. The van der Waals surface area contributed by atoms with Gasteiger partial charge in [0.2, 0.25) is 0 Å². The number of rotatable bonds is 6. The van der Waals surface area contributed by atoms with Crippen molar-refractivity contribution in [3.8, 4) is 5.75 Å². The minimum atomic E-state index is -0.205. The fraction of sp³-hybridized carbons (Fsp3) is 0.208. The lowest BCUT2D eigenvalue weighted by Gasteiger charge is -2.20. The largest absolute Gasteiger partial charge is 0.483 e. The highest BCUT2D eigenvalue weighted by molar-refractivity contribution is 5.78. The van der Waals surface area contributed by atoms with E-state index in [1.165, 1.54) is 5.56 Å². The Balaban J connectivity index is 1.74. The minimum Gasteiger partial charge on any atom is -0.483 e. The second kappa shape index (κ2) is 8.54. The van der Waals surface area contributed by atoms with Crippen molar-refractivity contribution in [3.05, 3.63) is 101 Å². The number of carbonyl (C=O) groups is 1. The molecule has 0 fully saturated rings. The molecule has 0 spiro atoms. The number of hydrogen-bond donors (Lipinski definition) is 1. The smallest absolute Gasteiger partial charge is 0.258 e. The molecule has 0 aliphatic rings. The molecule has 0 aliphatic heterocycles. The molecule has 0 atom stereocenters. The second-order valence-electron chi connectivity index (χ2n) is 6.84. The SMILES string of the molecule is Cc1cc(C)c(OCC(=O)NC(c2ccccc2)c2ccccc2)c(C)c1. The van der Waals surface area contributed by atoms with Crippen LogP contribution >= 0.6 is 0 Å². The van der Waals surface area contributed by atoms with E-state index in [1.807, 2.05) is 74.5 Å². The van der Waals surface area contributed by atoms with E-state index in [2.05, 4.69) is 24.4 Å². The number of ether oxygens (including phenoxy) is 1. The highest BCUT2D eigenvalue weighted by Crippen LogP contribution is 2.25. The monoisotopic (exact) mass is 359 g/mol. The lowest BCUT2D eigenvalue weighted by Crippen LogP contribution is -2.33.